The normalized spacial score (nSPS) is 10.6. The molecule has 0 spiro atoms. The van der Waals surface area contributed by atoms with Gasteiger partial charge in [0.1, 0.15) is 5.01 Å². The first-order valence-electron chi connectivity index (χ1n) is 5.84. The molecular formula is C12H14BrN3OS2. The smallest absolute Gasteiger partial charge is 0.226 e. The van der Waals surface area contributed by atoms with Gasteiger partial charge in [0.2, 0.25) is 5.91 Å². The summed E-state index contributed by atoms with van der Waals surface area (Å²) in [6.45, 7) is 1.22. The Kier molecular flexibility index (Phi) is 5.50. The molecule has 0 atom stereocenters. The molecule has 0 aliphatic rings. The van der Waals surface area contributed by atoms with Crippen LogP contribution in [-0.4, -0.2) is 24.0 Å². The molecule has 0 aromatic carbocycles. The third kappa shape index (κ3) is 4.38. The molecule has 4 nitrogen and oxygen atoms in total. The number of aromatic nitrogens is 1. The van der Waals surface area contributed by atoms with E-state index in [9.17, 15) is 4.79 Å². The van der Waals surface area contributed by atoms with E-state index in [0.717, 1.165) is 26.5 Å². The molecule has 102 valence electrons. The van der Waals surface area contributed by atoms with E-state index in [1.807, 2.05) is 16.8 Å². The van der Waals surface area contributed by atoms with Crippen LogP contribution in [0.5, 0.6) is 0 Å². The van der Waals surface area contributed by atoms with E-state index in [-0.39, 0.29) is 5.91 Å². The molecule has 19 heavy (non-hydrogen) atoms. The second-order valence-electron chi connectivity index (χ2n) is 3.94. The van der Waals surface area contributed by atoms with Crippen LogP contribution in [0.4, 0.5) is 0 Å². The Morgan fingerprint density at radius 2 is 2.26 bits per heavy atom. The van der Waals surface area contributed by atoms with Gasteiger partial charge in [-0.3, -0.25) is 4.79 Å². The number of rotatable bonds is 6. The van der Waals surface area contributed by atoms with Gasteiger partial charge in [-0.2, -0.15) is 0 Å². The van der Waals surface area contributed by atoms with Crippen molar-refractivity contribution in [2.75, 3.05) is 13.1 Å². The molecule has 0 saturated carbocycles. The molecule has 0 fully saturated rings. The number of nitrogens with zero attached hydrogens (tertiary/aromatic N) is 1. The average Bonchev–Trinajstić information content (AvgIpc) is 2.98. The second-order valence-corrected chi connectivity index (χ2v) is 6.63. The monoisotopic (exact) mass is 359 g/mol. The lowest BCUT2D eigenvalue weighted by atomic mass is 10.3. The topological polar surface area (TPSA) is 68.0 Å². The minimum atomic E-state index is -0.00217. The van der Waals surface area contributed by atoms with Crippen LogP contribution < -0.4 is 11.1 Å². The largest absolute Gasteiger partial charge is 0.356 e. The molecule has 0 aliphatic carbocycles. The molecule has 2 rings (SSSR count). The van der Waals surface area contributed by atoms with E-state index in [4.69, 9.17) is 5.73 Å². The Balaban J connectivity index is 1.92. The summed E-state index contributed by atoms with van der Waals surface area (Å²) >= 11 is 6.63. The fraction of sp³-hybridized carbons (Fsp3) is 0.333. The van der Waals surface area contributed by atoms with Gasteiger partial charge in [-0.25, -0.2) is 4.98 Å². The average molecular weight is 360 g/mol. The van der Waals surface area contributed by atoms with Crippen molar-refractivity contribution in [3.05, 3.63) is 27.0 Å². The Labute approximate surface area is 128 Å². The number of carbonyl (C=O) groups is 1. The van der Waals surface area contributed by atoms with E-state index < -0.39 is 0 Å². The molecule has 1 amide bonds. The highest BCUT2D eigenvalue weighted by atomic mass is 79.9. The molecule has 2 aromatic rings. The third-order valence-electron chi connectivity index (χ3n) is 2.37. The maximum atomic E-state index is 11.6. The summed E-state index contributed by atoms with van der Waals surface area (Å²) in [4.78, 5) is 17.2. The Morgan fingerprint density at radius 1 is 1.42 bits per heavy atom. The zero-order valence-corrected chi connectivity index (χ0v) is 13.4. The highest BCUT2D eigenvalue weighted by Crippen LogP contribution is 2.31. The van der Waals surface area contributed by atoms with Crippen LogP contribution in [0.3, 0.4) is 0 Å². The van der Waals surface area contributed by atoms with Crippen LogP contribution in [0.15, 0.2) is 21.3 Å². The van der Waals surface area contributed by atoms with E-state index in [0.29, 0.717) is 19.5 Å². The van der Waals surface area contributed by atoms with Crippen molar-refractivity contribution in [3.63, 3.8) is 0 Å². The Bertz CT molecular complexity index is 553. The molecular weight excluding hydrogens is 346 g/mol. The van der Waals surface area contributed by atoms with Gasteiger partial charge in [-0.05, 0) is 35.0 Å². The number of halogens is 1. The summed E-state index contributed by atoms with van der Waals surface area (Å²) in [6.07, 6.45) is 1.13. The molecule has 0 aliphatic heterocycles. The van der Waals surface area contributed by atoms with Gasteiger partial charge >= 0.3 is 0 Å². The number of nitrogens with two attached hydrogens (primary N) is 1. The lowest BCUT2D eigenvalue weighted by Gasteiger charge is -2.01. The zero-order valence-electron chi connectivity index (χ0n) is 10.2. The van der Waals surface area contributed by atoms with Gasteiger partial charge in [0, 0.05) is 21.8 Å². The first-order chi connectivity index (χ1) is 9.19. The van der Waals surface area contributed by atoms with E-state index in [1.54, 1.807) is 22.7 Å². The van der Waals surface area contributed by atoms with Crippen LogP contribution in [-0.2, 0) is 11.2 Å². The molecule has 7 heteroatoms. The number of hydrogen-bond acceptors (Lipinski definition) is 5. The third-order valence-corrected chi connectivity index (χ3v) is 5.13. The number of nitrogens with one attached hydrogen (secondary N) is 1. The zero-order chi connectivity index (χ0) is 13.7. The summed E-state index contributed by atoms with van der Waals surface area (Å²) in [5.41, 5.74) is 6.19. The van der Waals surface area contributed by atoms with Gasteiger partial charge in [-0.15, -0.1) is 22.7 Å². The fourth-order valence-electron chi connectivity index (χ4n) is 1.48. The lowest BCUT2D eigenvalue weighted by Crippen LogP contribution is -2.27. The maximum Gasteiger partial charge on any atom is 0.226 e. The van der Waals surface area contributed by atoms with Crippen molar-refractivity contribution < 1.29 is 4.79 Å². The van der Waals surface area contributed by atoms with Gasteiger partial charge in [0.05, 0.1) is 17.0 Å². The minimum absolute atomic E-state index is 0.00217. The van der Waals surface area contributed by atoms with E-state index >= 15 is 0 Å². The summed E-state index contributed by atoms with van der Waals surface area (Å²) in [7, 11) is 0. The van der Waals surface area contributed by atoms with Crippen LogP contribution in [0.25, 0.3) is 9.88 Å². The highest BCUT2D eigenvalue weighted by molar-refractivity contribution is 9.10. The minimum Gasteiger partial charge on any atom is -0.356 e. The Hall–Kier alpha value is -0.760. The lowest BCUT2D eigenvalue weighted by molar-refractivity contribution is -0.120. The van der Waals surface area contributed by atoms with Crippen molar-refractivity contribution in [3.8, 4) is 9.88 Å². The number of carbonyl (C=O) groups excluding carboxylic acids is 1. The van der Waals surface area contributed by atoms with Crippen molar-refractivity contribution >= 4 is 44.5 Å². The molecule has 3 N–H and O–H groups in total. The van der Waals surface area contributed by atoms with Crippen LogP contribution >= 0.6 is 38.6 Å². The predicted molar refractivity (Wildman–Crippen MR) is 83.5 cm³/mol. The van der Waals surface area contributed by atoms with Crippen LogP contribution in [0.1, 0.15) is 12.1 Å². The van der Waals surface area contributed by atoms with Gasteiger partial charge in [0.15, 0.2) is 0 Å². The Morgan fingerprint density at radius 3 is 2.95 bits per heavy atom. The van der Waals surface area contributed by atoms with Gasteiger partial charge < -0.3 is 11.1 Å². The fourth-order valence-corrected chi connectivity index (χ4v) is 3.81. The molecule has 0 saturated heterocycles. The first kappa shape index (κ1) is 14.6. The predicted octanol–water partition coefficient (Wildman–Crippen LogP) is 2.64. The summed E-state index contributed by atoms with van der Waals surface area (Å²) in [6, 6.07) is 2.04. The van der Waals surface area contributed by atoms with Crippen molar-refractivity contribution in [1.82, 2.24) is 10.3 Å². The van der Waals surface area contributed by atoms with Crippen LogP contribution in [0.2, 0.25) is 0 Å². The van der Waals surface area contributed by atoms with Gasteiger partial charge in [0.25, 0.3) is 0 Å². The number of thiophene rings is 1. The maximum absolute atomic E-state index is 11.6. The van der Waals surface area contributed by atoms with E-state index in [1.165, 1.54) is 0 Å². The highest BCUT2D eigenvalue weighted by Gasteiger charge is 2.10. The summed E-state index contributed by atoms with van der Waals surface area (Å²) < 4.78 is 1.06. The van der Waals surface area contributed by atoms with Crippen molar-refractivity contribution in [1.29, 1.82) is 0 Å². The standard InChI is InChI=1S/C12H14BrN3OS2/c13-8-4-10(18-6-8)12-16-9(7-19-12)5-11(17)15-3-1-2-14/h4,6-7H,1-3,5,14H2,(H,15,17). The molecule has 2 heterocycles. The summed E-state index contributed by atoms with van der Waals surface area (Å²) in [5.74, 6) is -0.00217. The van der Waals surface area contributed by atoms with Crippen molar-refractivity contribution in [2.45, 2.75) is 12.8 Å². The molecule has 0 unspecified atom stereocenters. The molecule has 2 aromatic heterocycles. The SMILES string of the molecule is NCCCNC(=O)Cc1csc(-c2cc(Br)cs2)n1. The second kappa shape index (κ2) is 7.14. The van der Waals surface area contributed by atoms with Gasteiger partial charge in [-0.1, -0.05) is 0 Å². The first-order valence-corrected chi connectivity index (χ1v) is 8.40. The van der Waals surface area contributed by atoms with E-state index in [2.05, 4.69) is 26.2 Å². The number of amides is 1. The number of thiazole rings is 1. The molecule has 0 radical (unpaired) electrons. The number of hydrogen-bond donors (Lipinski definition) is 2. The summed E-state index contributed by atoms with van der Waals surface area (Å²) in [5, 5.41) is 7.74. The quantitative estimate of drug-likeness (QED) is 0.779. The van der Waals surface area contributed by atoms with Crippen molar-refractivity contribution in [2.24, 2.45) is 5.73 Å². The molecule has 0 bridgehead atoms. The van der Waals surface area contributed by atoms with Crippen LogP contribution in [0, 0.1) is 0 Å².